The Morgan fingerprint density at radius 1 is 1.47 bits per heavy atom. The first kappa shape index (κ1) is 14.1. The van der Waals surface area contributed by atoms with Crippen LogP contribution in [0.4, 0.5) is 0 Å². The summed E-state index contributed by atoms with van der Waals surface area (Å²) in [6, 6.07) is -0.641. The van der Waals surface area contributed by atoms with Gasteiger partial charge >= 0.3 is 0 Å². The Kier molecular flexibility index (Phi) is 5.46. The number of rotatable bonds is 6. The fourth-order valence-electron chi connectivity index (χ4n) is 1.15. The van der Waals surface area contributed by atoms with E-state index in [9.17, 15) is 9.59 Å². The molecule has 0 fully saturated rings. The smallest absolute Gasteiger partial charge is 0.243 e. The molecule has 15 heavy (non-hydrogen) atoms. The minimum atomic E-state index is -0.641. The van der Waals surface area contributed by atoms with Crippen molar-refractivity contribution in [2.45, 2.75) is 46.1 Å². The predicted molar refractivity (Wildman–Crippen MR) is 56.2 cm³/mol. The summed E-state index contributed by atoms with van der Waals surface area (Å²) in [6.07, 6.45) is 1.03. The molecule has 0 aromatic heterocycles. The SMILES string of the molecule is CCC(C)(C)C(=O)[C@H](N)CCC(=O)NO. The van der Waals surface area contributed by atoms with Crippen LogP contribution in [0.1, 0.15) is 40.0 Å². The van der Waals surface area contributed by atoms with E-state index >= 15 is 0 Å². The van der Waals surface area contributed by atoms with E-state index in [0.717, 1.165) is 0 Å². The standard InChI is InChI=1S/C10H20N2O3/c1-4-10(2,3)9(14)7(11)5-6-8(13)12-15/h7,15H,4-6,11H2,1-3H3,(H,12,13)/t7-/m1/s1. The van der Waals surface area contributed by atoms with Gasteiger partial charge in [-0.3, -0.25) is 14.8 Å². The maximum absolute atomic E-state index is 11.8. The van der Waals surface area contributed by atoms with Crippen LogP contribution < -0.4 is 11.2 Å². The van der Waals surface area contributed by atoms with Crippen LogP contribution in [-0.2, 0) is 9.59 Å². The van der Waals surface area contributed by atoms with Crippen molar-refractivity contribution >= 4 is 11.7 Å². The third-order valence-corrected chi connectivity index (χ3v) is 2.69. The number of carbonyl (C=O) groups is 2. The maximum atomic E-state index is 11.8. The van der Waals surface area contributed by atoms with Crippen molar-refractivity contribution in [3.8, 4) is 0 Å². The monoisotopic (exact) mass is 216 g/mol. The van der Waals surface area contributed by atoms with Gasteiger partial charge in [0.15, 0.2) is 5.78 Å². The number of ketones is 1. The van der Waals surface area contributed by atoms with E-state index in [4.69, 9.17) is 10.9 Å². The lowest BCUT2D eigenvalue weighted by Crippen LogP contribution is -2.40. The van der Waals surface area contributed by atoms with E-state index in [0.29, 0.717) is 6.42 Å². The fourth-order valence-corrected chi connectivity index (χ4v) is 1.15. The van der Waals surface area contributed by atoms with Crippen molar-refractivity contribution in [2.75, 3.05) is 0 Å². The van der Waals surface area contributed by atoms with Gasteiger partial charge in [0.1, 0.15) is 0 Å². The molecule has 0 heterocycles. The van der Waals surface area contributed by atoms with E-state index in [-0.39, 0.29) is 18.6 Å². The van der Waals surface area contributed by atoms with Crippen molar-refractivity contribution in [3.05, 3.63) is 0 Å². The topological polar surface area (TPSA) is 92.4 Å². The number of Topliss-reactive ketones (excluding diaryl/α,β-unsaturated/α-hetero) is 1. The van der Waals surface area contributed by atoms with Gasteiger partial charge in [-0.25, -0.2) is 5.48 Å². The van der Waals surface area contributed by atoms with Crippen LogP contribution in [0.2, 0.25) is 0 Å². The summed E-state index contributed by atoms with van der Waals surface area (Å²) in [5, 5.41) is 8.27. The van der Waals surface area contributed by atoms with E-state index < -0.39 is 17.4 Å². The molecular formula is C10H20N2O3. The number of nitrogens with one attached hydrogen (secondary N) is 1. The Morgan fingerprint density at radius 3 is 2.40 bits per heavy atom. The normalized spacial score (nSPS) is 13.4. The first-order chi connectivity index (χ1) is 6.85. The van der Waals surface area contributed by atoms with Crippen LogP contribution in [0.25, 0.3) is 0 Å². The minimum absolute atomic E-state index is 0.0456. The summed E-state index contributed by atoms with van der Waals surface area (Å²) in [4.78, 5) is 22.5. The van der Waals surface area contributed by atoms with Crippen LogP contribution in [0.5, 0.6) is 0 Å². The number of hydrogen-bond donors (Lipinski definition) is 3. The van der Waals surface area contributed by atoms with E-state index in [2.05, 4.69) is 0 Å². The lowest BCUT2D eigenvalue weighted by molar-refractivity contribution is -0.130. The quantitative estimate of drug-likeness (QED) is 0.448. The molecule has 5 nitrogen and oxygen atoms in total. The van der Waals surface area contributed by atoms with Crippen LogP contribution in [-0.4, -0.2) is 22.9 Å². The second kappa shape index (κ2) is 5.82. The molecule has 0 bridgehead atoms. The molecule has 0 aliphatic rings. The van der Waals surface area contributed by atoms with Gasteiger partial charge in [-0.2, -0.15) is 0 Å². The second-order valence-electron chi connectivity index (χ2n) is 4.28. The molecule has 0 aliphatic carbocycles. The summed E-state index contributed by atoms with van der Waals surface area (Å²) < 4.78 is 0. The molecule has 88 valence electrons. The fraction of sp³-hybridized carbons (Fsp3) is 0.800. The van der Waals surface area contributed by atoms with Crippen molar-refractivity contribution in [3.63, 3.8) is 0 Å². The molecule has 0 spiro atoms. The van der Waals surface area contributed by atoms with Crippen LogP contribution in [0.3, 0.4) is 0 Å². The van der Waals surface area contributed by atoms with Gasteiger partial charge in [0.2, 0.25) is 5.91 Å². The highest BCUT2D eigenvalue weighted by atomic mass is 16.5. The van der Waals surface area contributed by atoms with Crippen molar-refractivity contribution in [2.24, 2.45) is 11.1 Å². The van der Waals surface area contributed by atoms with Crippen LogP contribution in [0, 0.1) is 5.41 Å². The van der Waals surface area contributed by atoms with Gasteiger partial charge in [0.25, 0.3) is 0 Å². The average Bonchev–Trinajstić information content (AvgIpc) is 2.23. The first-order valence-corrected chi connectivity index (χ1v) is 5.08. The molecule has 0 unspecified atom stereocenters. The number of hydrogen-bond acceptors (Lipinski definition) is 4. The second-order valence-corrected chi connectivity index (χ2v) is 4.28. The zero-order chi connectivity index (χ0) is 12.1. The Bertz CT molecular complexity index is 239. The molecule has 4 N–H and O–H groups in total. The summed E-state index contributed by atoms with van der Waals surface area (Å²) in [6.45, 7) is 5.59. The molecular weight excluding hydrogens is 196 g/mol. The molecule has 1 amide bonds. The zero-order valence-electron chi connectivity index (χ0n) is 9.54. The predicted octanol–water partition coefficient (Wildman–Crippen LogP) is 0.605. The number of nitrogens with two attached hydrogens (primary N) is 1. The van der Waals surface area contributed by atoms with Gasteiger partial charge in [-0.15, -0.1) is 0 Å². The summed E-state index contributed by atoms with van der Waals surface area (Å²) in [5.74, 6) is -0.566. The van der Waals surface area contributed by atoms with Gasteiger partial charge in [-0.05, 0) is 12.8 Å². The highest BCUT2D eigenvalue weighted by molar-refractivity contribution is 5.89. The summed E-state index contributed by atoms with van der Waals surface area (Å²) in [7, 11) is 0. The molecule has 0 saturated heterocycles. The lowest BCUT2D eigenvalue weighted by Gasteiger charge is -2.24. The molecule has 1 atom stereocenters. The van der Waals surface area contributed by atoms with Gasteiger partial charge < -0.3 is 5.73 Å². The Hall–Kier alpha value is -0.940. The first-order valence-electron chi connectivity index (χ1n) is 5.08. The summed E-state index contributed by atoms with van der Waals surface area (Å²) in [5.41, 5.74) is 6.73. The number of carbonyl (C=O) groups excluding carboxylic acids is 2. The molecule has 5 heteroatoms. The average molecular weight is 216 g/mol. The molecule has 0 saturated carbocycles. The van der Waals surface area contributed by atoms with E-state index in [1.807, 2.05) is 20.8 Å². The van der Waals surface area contributed by atoms with Gasteiger partial charge in [0.05, 0.1) is 6.04 Å². The zero-order valence-corrected chi connectivity index (χ0v) is 9.54. The molecule has 0 aliphatic heterocycles. The van der Waals surface area contributed by atoms with Crippen molar-refractivity contribution in [1.29, 1.82) is 0 Å². The largest absolute Gasteiger partial charge is 0.321 e. The van der Waals surface area contributed by atoms with E-state index in [1.54, 1.807) is 0 Å². The molecule has 0 aromatic carbocycles. The molecule has 0 aromatic rings. The van der Waals surface area contributed by atoms with Gasteiger partial charge in [-0.1, -0.05) is 20.8 Å². The van der Waals surface area contributed by atoms with Crippen molar-refractivity contribution < 1.29 is 14.8 Å². The Morgan fingerprint density at radius 2 is 2.00 bits per heavy atom. The molecule has 0 radical (unpaired) electrons. The van der Waals surface area contributed by atoms with Crippen molar-refractivity contribution in [1.82, 2.24) is 5.48 Å². The Labute approximate surface area is 90.0 Å². The third-order valence-electron chi connectivity index (χ3n) is 2.69. The van der Waals surface area contributed by atoms with Gasteiger partial charge in [0, 0.05) is 11.8 Å². The minimum Gasteiger partial charge on any atom is -0.321 e. The maximum Gasteiger partial charge on any atom is 0.243 e. The lowest BCUT2D eigenvalue weighted by atomic mass is 9.81. The number of amides is 1. The molecule has 0 rings (SSSR count). The number of hydroxylamine groups is 1. The highest BCUT2D eigenvalue weighted by Crippen LogP contribution is 2.23. The third kappa shape index (κ3) is 4.40. The van der Waals surface area contributed by atoms with Crippen LogP contribution in [0.15, 0.2) is 0 Å². The van der Waals surface area contributed by atoms with Crippen LogP contribution >= 0.6 is 0 Å². The Balaban J connectivity index is 4.16. The highest BCUT2D eigenvalue weighted by Gasteiger charge is 2.29. The summed E-state index contributed by atoms with van der Waals surface area (Å²) >= 11 is 0. The van der Waals surface area contributed by atoms with E-state index in [1.165, 1.54) is 5.48 Å².